The number of hydrogen-bond acceptors (Lipinski definition) is 5. The minimum absolute atomic E-state index is 0.0960. The number of aryl methyl sites for hydroxylation is 1. The Bertz CT molecular complexity index is 883. The molecule has 7 heteroatoms. The average molecular weight is 424 g/mol. The first kappa shape index (κ1) is 22.3. The van der Waals surface area contributed by atoms with Crippen LogP contribution in [0.15, 0.2) is 54.6 Å². The zero-order valence-electron chi connectivity index (χ0n) is 17.8. The number of carbonyl (C=O) groups excluding carboxylic acids is 3. The number of hydrogen-bond donors (Lipinski definition) is 0. The predicted octanol–water partition coefficient (Wildman–Crippen LogP) is 3.53. The smallest absolute Gasteiger partial charge is 0.434 e. The highest BCUT2D eigenvalue weighted by Gasteiger charge is 2.23. The molecule has 7 nitrogen and oxygen atoms in total. The number of carbonyl (C=O) groups is 3. The van der Waals surface area contributed by atoms with Gasteiger partial charge in [0.1, 0.15) is 5.75 Å². The molecule has 164 valence electrons. The second-order valence-electron chi connectivity index (χ2n) is 7.32. The third-order valence-electron chi connectivity index (χ3n) is 5.17. The summed E-state index contributed by atoms with van der Waals surface area (Å²) in [7, 11) is 0. The molecule has 0 radical (unpaired) electrons. The Morgan fingerprint density at radius 3 is 2.26 bits per heavy atom. The van der Waals surface area contributed by atoms with E-state index in [9.17, 15) is 14.4 Å². The molecule has 1 heterocycles. The summed E-state index contributed by atoms with van der Waals surface area (Å²) in [5.74, 6) is 0.348. The van der Waals surface area contributed by atoms with Gasteiger partial charge >= 0.3 is 6.16 Å². The van der Waals surface area contributed by atoms with Gasteiger partial charge in [-0.2, -0.15) is 0 Å². The Morgan fingerprint density at radius 1 is 0.871 bits per heavy atom. The van der Waals surface area contributed by atoms with E-state index in [1.807, 2.05) is 35.2 Å². The maximum Gasteiger partial charge on any atom is 0.513 e. The summed E-state index contributed by atoms with van der Waals surface area (Å²) in [6.07, 6.45) is 1.16. The lowest BCUT2D eigenvalue weighted by atomic mass is 10.1. The van der Waals surface area contributed by atoms with Crippen LogP contribution in [-0.4, -0.2) is 60.6 Å². The second-order valence-corrected chi connectivity index (χ2v) is 7.32. The van der Waals surface area contributed by atoms with Gasteiger partial charge in [-0.1, -0.05) is 30.3 Å². The second kappa shape index (κ2) is 11.2. The summed E-state index contributed by atoms with van der Waals surface area (Å²) in [6.45, 7) is 4.21. The first-order valence-corrected chi connectivity index (χ1v) is 10.6. The van der Waals surface area contributed by atoms with Crippen LogP contribution in [0.25, 0.3) is 0 Å². The van der Waals surface area contributed by atoms with Gasteiger partial charge in [0.25, 0.3) is 5.91 Å². The molecule has 1 fully saturated rings. The van der Waals surface area contributed by atoms with Gasteiger partial charge in [0.2, 0.25) is 5.91 Å². The number of nitrogens with zero attached hydrogens (tertiary/aromatic N) is 2. The third-order valence-corrected chi connectivity index (χ3v) is 5.17. The standard InChI is InChI=1S/C24H28N2O5/c1-2-30-24(29)31-21-12-10-20(11-13-21)23(28)26-16-6-15-25(17-18-26)22(27)14-9-19-7-4-3-5-8-19/h3-5,7-8,10-13H,2,6,9,14-18H2,1H3. The average Bonchev–Trinajstić information content (AvgIpc) is 3.05. The van der Waals surface area contributed by atoms with Crippen LogP contribution in [-0.2, 0) is 16.0 Å². The highest BCUT2D eigenvalue weighted by molar-refractivity contribution is 5.94. The number of benzene rings is 2. The van der Waals surface area contributed by atoms with Crippen molar-refractivity contribution in [3.05, 3.63) is 65.7 Å². The lowest BCUT2D eigenvalue weighted by Gasteiger charge is -2.22. The highest BCUT2D eigenvalue weighted by atomic mass is 16.7. The lowest BCUT2D eigenvalue weighted by molar-refractivity contribution is -0.131. The Kier molecular flexibility index (Phi) is 8.04. The van der Waals surface area contributed by atoms with E-state index in [1.165, 1.54) is 0 Å². The van der Waals surface area contributed by atoms with Crippen molar-refractivity contribution in [2.45, 2.75) is 26.2 Å². The lowest BCUT2D eigenvalue weighted by Crippen LogP contribution is -2.37. The number of ether oxygens (including phenoxy) is 2. The molecule has 2 amide bonds. The van der Waals surface area contributed by atoms with Crippen molar-refractivity contribution in [1.82, 2.24) is 9.80 Å². The van der Waals surface area contributed by atoms with Crippen molar-refractivity contribution in [1.29, 1.82) is 0 Å². The van der Waals surface area contributed by atoms with E-state index < -0.39 is 6.16 Å². The Balaban J connectivity index is 1.51. The molecule has 0 atom stereocenters. The van der Waals surface area contributed by atoms with Crippen LogP contribution in [0.5, 0.6) is 5.75 Å². The minimum atomic E-state index is -0.772. The summed E-state index contributed by atoms with van der Waals surface area (Å²) in [5.41, 5.74) is 1.66. The van der Waals surface area contributed by atoms with Crippen LogP contribution >= 0.6 is 0 Å². The highest BCUT2D eigenvalue weighted by Crippen LogP contribution is 2.16. The third kappa shape index (κ3) is 6.57. The van der Waals surface area contributed by atoms with E-state index >= 15 is 0 Å². The molecular formula is C24H28N2O5. The minimum Gasteiger partial charge on any atom is -0.434 e. The van der Waals surface area contributed by atoms with Crippen molar-refractivity contribution in [3.8, 4) is 5.75 Å². The van der Waals surface area contributed by atoms with E-state index in [4.69, 9.17) is 9.47 Å². The van der Waals surface area contributed by atoms with Gasteiger partial charge in [0, 0.05) is 38.2 Å². The van der Waals surface area contributed by atoms with E-state index in [-0.39, 0.29) is 18.4 Å². The number of rotatable bonds is 6. The fourth-order valence-corrected chi connectivity index (χ4v) is 3.52. The van der Waals surface area contributed by atoms with Gasteiger partial charge in [-0.3, -0.25) is 9.59 Å². The van der Waals surface area contributed by atoms with E-state index in [0.29, 0.717) is 43.9 Å². The number of amides is 2. The molecule has 1 aliphatic rings. The molecule has 0 bridgehead atoms. The molecule has 0 aliphatic carbocycles. The van der Waals surface area contributed by atoms with E-state index in [1.54, 1.807) is 36.1 Å². The molecule has 1 aliphatic heterocycles. The van der Waals surface area contributed by atoms with Gasteiger partial charge < -0.3 is 19.3 Å². The summed E-state index contributed by atoms with van der Waals surface area (Å²) >= 11 is 0. The molecular weight excluding hydrogens is 396 g/mol. The SMILES string of the molecule is CCOC(=O)Oc1ccc(C(=O)N2CCCN(C(=O)CCc3ccccc3)CC2)cc1. The van der Waals surface area contributed by atoms with Crippen LogP contribution in [0, 0.1) is 0 Å². The fourth-order valence-electron chi connectivity index (χ4n) is 3.52. The molecule has 1 saturated heterocycles. The van der Waals surface area contributed by atoms with Crippen molar-refractivity contribution in [2.24, 2.45) is 0 Å². The predicted molar refractivity (Wildman–Crippen MR) is 116 cm³/mol. The van der Waals surface area contributed by atoms with Gasteiger partial charge in [0.15, 0.2) is 0 Å². The molecule has 0 spiro atoms. The van der Waals surface area contributed by atoms with E-state index in [0.717, 1.165) is 18.4 Å². The Hall–Kier alpha value is -3.35. The topological polar surface area (TPSA) is 76.2 Å². The van der Waals surface area contributed by atoms with Crippen molar-refractivity contribution in [3.63, 3.8) is 0 Å². The monoisotopic (exact) mass is 424 g/mol. The largest absolute Gasteiger partial charge is 0.513 e. The molecule has 31 heavy (non-hydrogen) atoms. The van der Waals surface area contributed by atoms with Crippen LogP contribution in [0.2, 0.25) is 0 Å². The first-order chi connectivity index (χ1) is 15.1. The summed E-state index contributed by atoms with van der Waals surface area (Å²) < 4.78 is 9.76. The zero-order chi connectivity index (χ0) is 22.1. The summed E-state index contributed by atoms with van der Waals surface area (Å²) in [4.78, 5) is 40.5. The van der Waals surface area contributed by atoms with Crippen molar-refractivity contribution in [2.75, 3.05) is 32.8 Å². The molecule has 0 unspecified atom stereocenters. The Labute approximate surface area is 182 Å². The summed E-state index contributed by atoms with van der Waals surface area (Å²) in [5, 5.41) is 0. The molecule has 0 aromatic heterocycles. The van der Waals surface area contributed by atoms with Gasteiger partial charge in [-0.05, 0) is 49.6 Å². The molecule has 0 N–H and O–H groups in total. The van der Waals surface area contributed by atoms with Gasteiger partial charge in [-0.15, -0.1) is 0 Å². The Morgan fingerprint density at radius 2 is 1.55 bits per heavy atom. The molecule has 2 aromatic carbocycles. The van der Waals surface area contributed by atoms with Crippen LogP contribution in [0.1, 0.15) is 35.7 Å². The van der Waals surface area contributed by atoms with Crippen molar-refractivity contribution >= 4 is 18.0 Å². The first-order valence-electron chi connectivity index (χ1n) is 10.6. The fraction of sp³-hybridized carbons (Fsp3) is 0.375. The van der Waals surface area contributed by atoms with E-state index in [2.05, 4.69) is 0 Å². The summed E-state index contributed by atoms with van der Waals surface area (Å²) in [6, 6.07) is 16.4. The maximum absolute atomic E-state index is 12.9. The maximum atomic E-state index is 12.9. The quantitative estimate of drug-likeness (QED) is 0.524. The van der Waals surface area contributed by atoms with Crippen LogP contribution in [0.4, 0.5) is 4.79 Å². The van der Waals surface area contributed by atoms with Crippen molar-refractivity contribution < 1.29 is 23.9 Å². The van der Waals surface area contributed by atoms with Gasteiger partial charge in [-0.25, -0.2) is 4.79 Å². The van der Waals surface area contributed by atoms with Crippen LogP contribution < -0.4 is 4.74 Å². The zero-order valence-corrected chi connectivity index (χ0v) is 17.8. The molecule has 3 rings (SSSR count). The normalized spacial score (nSPS) is 14.0. The molecule has 2 aromatic rings. The van der Waals surface area contributed by atoms with Crippen LogP contribution in [0.3, 0.4) is 0 Å². The molecule has 0 saturated carbocycles. The van der Waals surface area contributed by atoms with Gasteiger partial charge in [0.05, 0.1) is 6.61 Å².